The number of aromatic nitrogens is 1. The molecule has 0 unspecified atom stereocenters. The van der Waals surface area contributed by atoms with Gasteiger partial charge >= 0.3 is 6.09 Å². The number of pyridine rings is 1. The highest BCUT2D eigenvalue weighted by molar-refractivity contribution is 9.10. The summed E-state index contributed by atoms with van der Waals surface area (Å²) in [7, 11) is 0. The second kappa shape index (κ2) is 5.84. The van der Waals surface area contributed by atoms with Gasteiger partial charge in [0.1, 0.15) is 10.4 Å². The monoisotopic (exact) mass is 362 g/mol. The fourth-order valence-corrected chi connectivity index (χ4v) is 2.38. The molecule has 0 atom stereocenters. The molecule has 0 bridgehead atoms. The van der Waals surface area contributed by atoms with Crippen molar-refractivity contribution >= 4 is 45.3 Å². The number of halogens is 2. The topological polar surface area (TPSA) is 99.8 Å². The lowest BCUT2D eigenvalue weighted by molar-refractivity contribution is 0.0625. The second-order valence-corrected chi connectivity index (χ2v) is 5.41. The summed E-state index contributed by atoms with van der Waals surface area (Å²) in [6, 6.07) is 1.46. The van der Waals surface area contributed by atoms with Crippen LogP contribution < -0.4 is 5.73 Å². The van der Waals surface area contributed by atoms with E-state index in [-0.39, 0.29) is 30.4 Å². The van der Waals surface area contributed by atoms with Crippen LogP contribution in [0.3, 0.4) is 0 Å². The lowest BCUT2D eigenvalue weighted by Gasteiger charge is -2.33. The smallest absolute Gasteiger partial charge is 0.407 e. The SMILES string of the molecule is Nc1nc(Br)c(Cl)cc1C(=O)N1CCN(C(=O)O)CC1. The largest absolute Gasteiger partial charge is 0.465 e. The summed E-state index contributed by atoms with van der Waals surface area (Å²) in [6.45, 7) is 1.19. The number of anilines is 1. The van der Waals surface area contributed by atoms with Gasteiger partial charge in [-0.3, -0.25) is 4.79 Å². The van der Waals surface area contributed by atoms with E-state index in [1.54, 1.807) is 0 Å². The quantitative estimate of drug-likeness (QED) is 0.737. The van der Waals surface area contributed by atoms with Gasteiger partial charge in [0.25, 0.3) is 5.91 Å². The first-order valence-electron chi connectivity index (χ1n) is 5.79. The number of rotatable bonds is 1. The van der Waals surface area contributed by atoms with E-state index in [0.29, 0.717) is 22.7 Å². The lowest BCUT2D eigenvalue weighted by Crippen LogP contribution is -2.50. The molecular formula is C11H12BrClN4O3. The number of hydrogen-bond acceptors (Lipinski definition) is 4. The summed E-state index contributed by atoms with van der Waals surface area (Å²) >= 11 is 9.04. The summed E-state index contributed by atoms with van der Waals surface area (Å²) in [4.78, 5) is 29.9. The van der Waals surface area contributed by atoms with E-state index < -0.39 is 6.09 Å². The molecule has 1 saturated heterocycles. The van der Waals surface area contributed by atoms with Crippen LogP contribution in [0.25, 0.3) is 0 Å². The van der Waals surface area contributed by atoms with Gasteiger partial charge in [0.2, 0.25) is 0 Å². The number of carbonyl (C=O) groups is 2. The zero-order valence-corrected chi connectivity index (χ0v) is 12.7. The molecule has 20 heavy (non-hydrogen) atoms. The molecule has 0 radical (unpaired) electrons. The first kappa shape index (κ1) is 14.9. The first-order valence-corrected chi connectivity index (χ1v) is 6.96. The van der Waals surface area contributed by atoms with Crippen LogP contribution in [0.2, 0.25) is 5.02 Å². The summed E-state index contributed by atoms with van der Waals surface area (Å²) in [5.41, 5.74) is 5.95. The Balaban J connectivity index is 2.13. The Morgan fingerprint density at radius 1 is 1.30 bits per heavy atom. The third-order valence-electron chi connectivity index (χ3n) is 3.03. The molecular weight excluding hydrogens is 352 g/mol. The van der Waals surface area contributed by atoms with Crippen molar-refractivity contribution in [2.75, 3.05) is 31.9 Å². The highest BCUT2D eigenvalue weighted by Gasteiger charge is 2.26. The van der Waals surface area contributed by atoms with Crippen LogP contribution in [0.4, 0.5) is 10.6 Å². The highest BCUT2D eigenvalue weighted by atomic mass is 79.9. The molecule has 2 amide bonds. The van der Waals surface area contributed by atoms with Gasteiger partial charge in [0.15, 0.2) is 0 Å². The van der Waals surface area contributed by atoms with E-state index in [1.165, 1.54) is 15.9 Å². The van der Waals surface area contributed by atoms with Crippen molar-refractivity contribution in [3.63, 3.8) is 0 Å². The second-order valence-electron chi connectivity index (χ2n) is 4.26. The number of amides is 2. The van der Waals surface area contributed by atoms with Crippen LogP contribution in [-0.2, 0) is 0 Å². The summed E-state index contributed by atoms with van der Waals surface area (Å²) in [6.07, 6.45) is -0.982. The van der Waals surface area contributed by atoms with Crippen LogP contribution in [-0.4, -0.2) is 58.1 Å². The minimum absolute atomic E-state index is 0.0898. The number of hydrogen-bond donors (Lipinski definition) is 2. The highest BCUT2D eigenvalue weighted by Crippen LogP contribution is 2.25. The maximum atomic E-state index is 12.3. The van der Waals surface area contributed by atoms with Crippen LogP contribution in [0, 0.1) is 0 Å². The molecule has 108 valence electrons. The molecule has 9 heteroatoms. The first-order chi connectivity index (χ1) is 9.40. The predicted molar refractivity (Wildman–Crippen MR) is 76.9 cm³/mol. The Labute approximate surface area is 128 Å². The Morgan fingerprint density at radius 2 is 1.85 bits per heavy atom. The average Bonchev–Trinajstić information content (AvgIpc) is 2.42. The average molecular weight is 364 g/mol. The van der Waals surface area contributed by atoms with Gasteiger partial charge in [0, 0.05) is 26.2 Å². The third-order valence-corrected chi connectivity index (χ3v) is 4.15. The number of carbonyl (C=O) groups excluding carboxylic acids is 1. The minimum Gasteiger partial charge on any atom is -0.465 e. The van der Waals surface area contributed by atoms with Crippen LogP contribution >= 0.6 is 27.5 Å². The van der Waals surface area contributed by atoms with Gasteiger partial charge in [-0.2, -0.15) is 0 Å². The van der Waals surface area contributed by atoms with Gasteiger partial charge in [-0.25, -0.2) is 9.78 Å². The standard InChI is InChI=1S/C11H12BrClN4O3/c12-8-7(13)5-6(9(14)15-8)10(18)16-1-3-17(4-2-16)11(19)20/h5H,1-4H2,(H2,14,15)(H,19,20). The van der Waals surface area contributed by atoms with Crippen molar-refractivity contribution in [3.8, 4) is 0 Å². The molecule has 0 saturated carbocycles. The molecule has 1 aliphatic rings. The van der Waals surface area contributed by atoms with Crippen molar-refractivity contribution < 1.29 is 14.7 Å². The number of nitrogens with two attached hydrogens (primary N) is 1. The van der Waals surface area contributed by atoms with Gasteiger partial charge in [-0.1, -0.05) is 11.6 Å². The summed E-state index contributed by atoms with van der Waals surface area (Å²) in [5.74, 6) is -0.207. The Kier molecular flexibility index (Phi) is 4.34. The van der Waals surface area contributed by atoms with Crippen LogP contribution in [0.15, 0.2) is 10.7 Å². The minimum atomic E-state index is -0.982. The maximum Gasteiger partial charge on any atom is 0.407 e. The fraction of sp³-hybridized carbons (Fsp3) is 0.364. The van der Waals surface area contributed by atoms with Gasteiger partial charge in [-0.15, -0.1) is 0 Å². The molecule has 1 aliphatic heterocycles. The van der Waals surface area contributed by atoms with Gasteiger partial charge < -0.3 is 20.6 Å². The molecule has 2 rings (SSSR count). The van der Waals surface area contributed by atoms with E-state index in [0.717, 1.165) is 0 Å². The Bertz CT molecular complexity index is 561. The van der Waals surface area contributed by atoms with Crippen molar-refractivity contribution in [2.45, 2.75) is 0 Å². The summed E-state index contributed by atoms with van der Waals surface area (Å²) < 4.78 is 0.379. The van der Waals surface area contributed by atoms with Crippen molar-refractivity contribution in [1.82, 2.24) is 14.8 Å². The number of carboxylic acid groups (broad SMARTS) is 1. The predicted octanol–water partition coefficient (Wildman–Crippen LogP) is 1.52. The van der Waals surface area contributed by atoms with Gasteiger partial charge in [-0.05, 0) is 22.0 Å². The van der Waals surface area contributed by atoms with Crippen LogP contribution in [0.5, 0.6) is 0 Å². The van der Waals surface area contributed by atoms with Crippen molar-refractivity contribution in [1.29, 1.82) is 0 Å². The molecule has 0 spiro atoms. The molecule has 7 nitrogen and oxygen atoms in total. The number of piperazine rings is 1. The molecule has 1 aromatic heterocycles. The molecule has 2 heterocycles. The van der Waals surface area contributed by atoms with Crippen molar-refractivity contribution in [2.24, 2.45) is 0 Å². The normalized spacial score (nSPS) is 15.3. The van der Waals surface area contributed by atoms with E-state index in [9.17, 15) is 9.59 Å². The zero-order chi connectivity index (χ0) is 14.9. The summed E-state index contributed by atoms with van der Waals surface area (Å²) in [5, 5.41) is 9.16. The zero-order valence-electron chi connectivity index (χ0n) is 10.3. The van der Waals surface area contributed by atoms with Crippen molar-refractivity contribution in [3.05, 3.63) is 21.3 Å². The van der Waals surface area contributed by atoms with Crippen LogP contribution in [0.1, 0.15) is 10.4 Å². The lowest BCUT2D eigenvalue weighted by atomic mass is 10.2. The molecule has 0 aromatic carbocycles. The molecule has 3 N–H and O–H groups in total. The molecule has 1 fully saturated rings. The van der Waals surface area contributed by atoms with Gasteiger partial charge in [0.05, 0.1) is 10.6 Å². The third kappa shape index (κ3) is 2.96. The Hall–Kier alpha value is -1.54. The van der Waals surface area contributed by atoms with E-state index in [2.05, 4.69) is 20.9 Å². The van der Waals surface area contributed by atoms with E-state index in [4.69, 9.17) is 22.4 Å². The molecule has 0 aliphatic carbocycles. The van der Waals surface area contributed by atoms with E-state index in [1.807, 2.05) is 0 Å². The van der Waals surface area contributed by atoms with E-state index >= 15 is 0 Å². The number of nitrogen functional groups attached to an aromatic ring is 1. The fourth-order valence-electron chi connectivity index (χ4n) is 1.92. The Morgan fingerprint density at radius 3 is 2.40 bits per heavy atom. The number of nitrogens with zero attached hydrogens (tertiary/aromatic N) is 3. The molecule has 1 aromatic rings. The maximum absolute atomic E-state index is 12.3.